The topological polar surface area (TPSA) is 53.4 Å². The molecule has 0 fully saturated rings. The molecule has 1 rings (SSSR count). The first kappa shape index (κ1) is 13.6. The minimum Gasteiger partial charge on any atom is -0.481 e. The number of nitrogens with zero attached hydrogens (tertiary/aromatic N) is 2. The molecule has 1 atom stereocenters. The number of carboxylic acid groups (broad SMARTS) is 1. The van der Waals surface area contributed by atoms with Crippen LogP contribution in [0.5, 0.6) is 0 Å². The number of rotatable bonds is 6. The minimum atomic E-state index is -0.743. The Morgan fingerprint density at radius 3 is 2.71 bits per heavy atom. The van der Waals surface area contributed by atoms with Crippen molar-refractivity contribution in [1.82, 2.24) is 9.88 Å². The first-order valence-corrected chi connectivity index (χ1v) is 5.80. The van der Waals surface area contributed by atoms with E-state index in [1.165, 1.54) is 0 Å². The third kappa shape index (κ3) is 3.82. The number of aromatic nitrogens is 1. The van der Waals surface area contributed by atoms with Gasteiger partial charge in [0, 0.05) is 19.3 Å². The summed E-state index contributed by atoms with van der Waals surface area (Å²) in [6.45, 7) is 4.88. The van der Waals surface area contributed by atoms with Crippen LogP contribution in [0.2, 0.25) is 0 Å². The highest BCUT2D eigenvalue weighted by Crippen LogP contribution is 2.22. The van der Waals surface area contributed by atoms with Crippen LogP contribution < -0.4 is 0 Å². The molecule has 17 heavy (non-hydrogen) atoms. The Hall–Kier alpha value is -1.42. The van der Waals surface area contributed by atoms with Crippen molar-refractivity contribution in [2.24, 2.45) is 5.41 Å². The molecule has 0 saturated carbocycles. The van der Waals surface area contributed by atoms with Crippen molar-refractivity contribution in [1.29, 1.82) is 0 Å². The van der Waals surface area contributed by atoms with Gasteiger partial charge in [-0.3, -0.25) is 14.7 Å². The molecule has 1 heterocycles. The second kappa shape index (κ2) is 5.77. The van der Waals surface area contributed by atoms with E-state index in [2.05, 4.69) is 4.98 Å². The third-order valence-corrected chi connectivity index (χ3v) is 3.07. The molecule has 0 aliphatic carbocycles. The van der Waals surface area contributed by atoms with Gasteiger partial charge in [0.25, 0.3) is 0 Å². The molecule has 0 radical (unpaired) electrons. The summed E-state index contributed by atoms with van der Waals surface area (Å²) in [6, 6.07) is 5.75. The fraction of sp³-hybridized carbons (Fsp3) is 0.538. The Morgan fingerprint density at radius 2 is 2.24 bits per heavy atom. The lowest BCUT2D eigenvalue weighted by molar-refractivity contribution is -0.149. The van der Waals surface area contributed by atoms with Crippen molar-refractivity contribution in [3.05, 3.63) is 30.1 Å². The van der Waals surface area contributed by atoms with E-state index in [1.54, 1.807) is 13.1 Å². The van der Waals surface area contributed by atoms with Crippen molar-refractivity contribution < 1.29 is 9.90 Å². The van der Waals surface area contributed by atoms with Gasteiger partial charge in [-0.2, -0.15) is 0 Å². The summed E-state index contributed by atoms with van der Waals surface area (Å²) in [5.74, 6) is -0.743. The van der Waals surface area contributed by atoms with E-state index in [-0.39, 0.29) is 0 Å². The second-order valence-corrected chi connectivity index (χ2v) is 4.71. The molecule has 0 aliphatic rings. The zero-order valence-corrected chi connectivity index (χ0v) is 10.7. The summed E-state index contributed by atoms with van der Waals surface area (Å²) in [5, 5.41) is 9.21. The van der Waals surface area contributed by atoms with Crippen molar-refractivity contribution in [3.63, 3.8) is 0 Å². The number of aliphatic carboxylic acids is 1. The van der Waals surface area contributed by atoms with E-state index < -0.39 is 11.4 Å². The predicted octanol–water partition coefficient (Wildman–Crippen LogP) is 2.01. The van der Waals surface area contributed by atoms with Crippen LogP contribution in [-0.4, -0.2) is 34.6 Å². The Morgan fingerprint density at radius 1 is 1.53 bits per heavy atom. The highest BCUT2D eigenvalue weighted by molar-refractivity contribution is 5.74. The largest absolute Gasteiger partial charge is 0.481 e. The third-order valence-electron chi connectivity index (χ3n) is 3.07. The number of carbonyl (C=O) groups is 1. The Labute approximate surface area is 102 Å². The van der Waals surface area contributed by atoms with Gasteiger partial charge in [-0.1, -0.05) is 13.0 Å². The van der Waals surface area contributed by atoms with Crippen LogP contribution in [0.1, 0.15) is 26.0 Å². The van der Waals surface area contributed by atoms with Crippen LogP contribution in [0.15, 0.2) is 24.4 Å². The van der Waals surface area contributed by atoms with Gasteiger partial charge in [0.15, 0.2) is 0 Å². The average molecular weight is 236 g/mol. The lowest BCUT2D eigenvalue weighted by Gasteiger charge is -2.28. The first-order chi connectivity index (χ1) is 7.98. The quantitative estimate of drug-likeness (QED) is 0.821. The Kier molecular flexibility index (Phi) is 4.63. The van der Waals surface area contributed by atoms with E-state index >= 15 is 0 Å². The molecular formula is C13H20N2O2. The maximum absolute atomic E-state index is 11.2. The lowest BCUT2D eigenvalue weighted by atomic mass is 9.87. The highest BCUT2D eigenvalue weighted by Gasteiger charge is 2.32. The zero-order chi connectivity index (χ0) is 12.9. The predicted molar refractivity (Wildman–Crippen MR) is 66.6 cm³/mol. The minimum absolute atomic E-state index is 0.523. The molecule has 0 bridgehead atoms. The first-order valence-electron chi connectivity index (χ1n) is 5.80. The summed E-state index contributed by atoms with van der Waals surface area (Å²) in [5.41, 5.74) is 0.266. The van der Waals surface area contributed by atoms with E-state index in [0.717, 1.165) is 5.69 Å². The maximum atomic E-state index is 11.2. The van der Waals surface area contributed by atoms with Crippen LogP contribution in [0, 0.1) is 5.41 Å². The zero-order valence-electron chi connectivity index (χ0n) is 10.7. The molecule has 4 heteroatoms. The maximum Gasteiger partial charge on any atom is 0.310 e. The molecule has 0 saturated heterocycles. The highest BCUT2D eigenvalue weighted by atomic mass is 16.4. The molecule has 1 aromatic heterocycles. The molecule has 94 valence electrons. The van der Waals surface area contributed by atoms with E-state index in [0.29, 0.717) is 19.5 Å². The van der Waals surface area contributed by atoms with Crippen molar-refractivity contribution in [2.45, 2.75) is 26.8 Å². The average Bonchev–Trinajstić information content (AvgIpc) is 2.29. The fourth-order valence-corrected chi connectivity index (χ4v) is 1.75. The molecule has 0 aromatic carbocycles. The Bertz CT molecular complexity index is 367. The molecule has 4 nitrogen and oxygen atoms in total. The number of pyridine rings is 1. The van der Waals surface area contributed by atoms with Gasteiger partial charge in [0.05, 0.1) is 11.1 Å². The SMILES string of the molecule is CCC(C)(CN(C)Cc1ccccn1)C(=O)O. The summed E-state index contributed by atoms with van der Waals surface area (Å²) < 4.78 is 0. The van der Waals surface area contributed by atoms with E-state index in [9.17, 15) is 9.90 Å². The van der Waals surface area contributed by atoms with Gasteiger partial charge < -0.3 is 5.11 Å². The number of hydrogen-bond donors (Lipinski definition) is 1. The molecule has 0 spiro atoms. The van der Waals surface area contributed by atoms with Gasteiger partial charge in [-0.25, -0.2) is 0 Å². The monoisotopic (exact) mass is 236 g/mol. The normalized spacial score (nSPS) is 14.6. The molecular weight excluding hydrogens is 216 g/mol. The van der Waals surface area contributed by atoms with Gasteiger partial charge >= 0.3 is 5.97 Å². The molecule has 0 aliphatic heterocycles. The van der Waals surface area contributed by atoms with E-state index in [1.807, 2.05) is 37.1 Å². The summed E-state index contributed by atoms with van der Waals surface area (Å²) >= 11 is 0. The Balaban J connectivity index is 2.60. The smallest absolute Gasteiger partial charge is 0.310 e. The fourth-order valence-electron chi connectivity index (χ4n) is 1.75. The van der Waals surface area contributed by atoms with Crippen molar-refractivity contribution in [3.8, 4) is 0 Å². The van der Waals surface area contributed by atoms with E-state index in [4.69, 9.17) is 0 Å². The van der Waals surface area contributed by atoms with Crippen LogP contribution in [0.25, 0.3) is 0 Å². The van der Waals surface area contributed by atoms with Gasteiger partial charge in [0.2, 0.25) is 0 Å². The van der Waals surface area contributed by atoms with Crippen LogP contribution >= 0.6 is 0 Å². The van der Waals surface area contributed by atoms with Gasteiger partial charge in [0.1, 0.15) is 0 Å². The standard InChI is InChI=1S/C13H20N2O2/c1-4-13(2,12(16)17)10-15(3)9-11-7-5-6-8-14-11/h5-8H,4,9-10H2,1-3H3,(H,16,17). The number of carboxylic acids is 1. The van der Waals surface area contributed by atoms with Crippen LogP contribution in [0.3, 0.4) is 0 Å². The second-order valence-electron chi connectivity index (χ2n) is 4.71. The summed E-state index contributed by atoms with van der Waals surface area (Å²) in [7, 11) is 1.92. The van der Waals surface area contributed by atoms with Gasteiger partial charge in [-0.15, -0.1) is 0 Å². The molecule has 0 amide bonds. The number of hydrogen-bond acceptors (Lipinski definition) is 3. The van der Waals surface area contributed by atoms with Crippen LogP contribution in [0.4, 0.5) is 0 Å². The van der Waals surface area contributed by atoms with Gasteiger partial charge in [-0.05, 0) is 32.5 Å². The molecule has 1 N–H and O–H groups in total. The van der Waals surface area contributed by atoms with Crippen LogP contribution in [-0.2, 0) is 11.3 Å². The van der Waals surface area contributed by atoms with Crippen molar-refractivity contribution in [2.75, 3.05) is 13.6 Å². The lowest BCUT2D eigenvalue weighted by Crippen LogP contribution is -2.38. The molecule has 1 unspecified atom stereocenters. The summed E-state index contributed by atoms with van der Waals surface area (Å²) in [6.07, 6.45) is 2.37. The summed E-state index contributed by atoms with van der Waals surface area (Å²) in [4.78, 5) is 17.4. The van der Waals surface area contributed by atoms with Crippen molar-refractivity contribution >= 4 is 5.97 Å². The molecule has 1 aromatic rings.